The summed E-state index contributed by atoms with van der Waals surface area (Å²) in [5.74, 6) is -0.183. The zero-order chi connectivity index (χ0) is 12.4. The van der Waals surface area contributed by atoms with Crippen LogP contribution in [0.3, 0.4) is 0 Å². The summed E-state index contributed by atoms with van der Waals surface area (Å²) in [6.45, 7) is 7.44. The van der Waals surface area contributed by atoms with E-state index >= 15 is 0 Å². The van der Waals surface area contributed by atoms with Crippen LogP contribution < -0.4 is 5.32 Å². The summed E-state index contributed by atoms with van der Waals surface area (Å²) in [5, 5.41) is 3.19. The van der Waals surface area contributed by atoms with E-state index in [4.69, 9.17) is 9.47 Å². The zero-order valence-electron chi connectivity index (χ0n) is 10.9. The highest BCUT2D eigenvalue weighted by atomic mass is 16.5. The maximum absolute atomic E-state index is 11.5. The van der Waals surface area contributed by atoms with Gasteiger partial charge in [0.25, 0.3) is 0 Å². The first-order valence-corrected chi connectivity index (χ1v) is 6.08. The van der Waals surface area contributed by atoms with Crippen molar-refractivity contribution in [2.24, 2.45) is 0 Å². The average molecular weight is 231 g/mol. The van der Waals surface area contributed by atoms with Crippen molar-refractivity contribution < 1.29 is 14.3 Å². The summed E-state index contributed by atoms with van der Waals surface area (Å²) in [6, 6.07) is -0.201. The second kappa shape index (κ2) is 9.60. The lowest BCUT2D eigenvalue weighted by Crippen LogP contribution is -2.41. The van der Waals surface area contributed by atoms with E-state index in [9.17, 15) is 4.79 Å². The monoisotopic (exact) mass is 231 g/mol. The third-order valence-corrected chi connectivity index (χ3v) is 2.43. The van der Waals surface area contributed by atoms with Gasteiger partial charge in [0, 0.05) is 13.2 Å². The van der Waals surface area contributed by atoms with E-state index in [1.54, 1.807) is 0 Å². The Bertz CT molecular complexity index is 185. The lowest BCUT2D eigenvalue weighted by molar-refractivity contribution is -0.143. The highest BCUT2D eigenvalue weighted by Gasteiger charge is 2.18. The smallest absolute Gasteiger partial charge is 0.322 e. The summed E-state index contributed by atoms with van der Waals surface area (Å²) >= 11 is 0. The highest BCUT2D eigenvalue weighted by molar-refractivity contribution is 5.75. The van der Waals surface area contributed by atoms with Crippen LogP contribution in [0.5, 0.6) is 0 Å². The standard InChI is InChI=1S/C12H25NO3/c1-5-7-8-11(12(14)15-4)13-9-10(3)16-6-2/h10-11,13H,5-9H2,1-4H3. The normalized spacial score (nSPS) is 14.5. The maximum atomic E-state index is 11.5. The van der Waals surface area contributed by atoms with E-state index < -0.39 is 0 Å². The molecule has 0 aliphatic carbocycles. The largest absolute Gasteiger partial charge is 0.468 e. The van der Waals surface area contributed by atoms with Crippen LogP contribution >= 0.6 is 0 Å². The van der Waals surface area contributed by atoms with Gasteiger partial charge in [-0.1, -0.05) is 19.8 Å². The third kappa shape index (κ3) is 6.80. The molecule has 4 heteroatoms. The summed E-state index contributed by atoms with van der Waals surface area (Å²) < 4.78 is 10.2. The topological polar surface area (TPSA) is 47.6 Å². The molecule has 0 aromatic rings. The van der Waals surface area contributed by atoms with Crippen molar-refractivity contribution >= 4 is 5.97 Å². The molecule has 0 spiro atoms. The summed E-state index contributed by atoms with van der Waals surface area (Å²) in [5.41, 5.74) is 0. The Balaban J connectivity index is 3.95. The van der Waals surface area contributed by atoms with Crippen LogP contribution in [0, 0.1) is 0 Å². The molecule has 0 fully saturated rings. The summed E-state index contributed by atoms with van der Waals surface area (Å²) in [7, 11) is 1.43. The third-order valence-electron chi connectivity index (χ3n) is 2.43. The molecule has 0 saturated carbocycles. The number of hydrogen-bond acceptors (Lipinski definition) is 4. The molecule has 0 bridgehead atoms. The number of ether oxygens (including phenoxy) is 2. The van der Waals surface area contributed by atoms with Gasteiger partial charge in [0.15, 0.2) is 0 Å². The SMILES string of the molecule is CCCCC(NCC(C)OCC)C(=O)OC. The molecule has 16 heavy (non-hydrogen) atoms. The molecule has 0 aliphatic rings. The van der Waals surface area contributed by atoms with Gasteiger partial charge < -0.3 is 14.8 Å². The molecule has 0 saturated heterocycles. The van der Waals surface area contributed by atoms with E-state index in [1.165, 1.54) is 7.11 Å². The molecular formula is C12H25NO3. The lowest BCUT2D eigenvalue weighted by Gasteiger charge is -2.19. The Kier molecular flexibility index (Phi) is 9.24. The van der Waals surface area contributed by atoms with E-state index in [0.29, 0.717) is 13.2 Å². The van der Waals surface area contributed by atoms with Crippen molar-refractivity contribution in [2.75, 3.05) is 20.3 Å². The van der Waals surface area contributed by atoms with E-state index in [2.05, 4.69) is 12.2 Å². The van der Waals surface area contributed by atoms with Crippen molar-refractivity contribution in [3.8, 4) is 0 Å². The van der Waals surface area contributed by atoms with Gasteiger partial charge in [0.1, 0.15) is 6.04 Å². The van der Waals surface area contributed by atoms with Gasteiger partial charge in [0.2, 0.25) is 0 Å². The molecule has 0 aromatic heterocycles. The van der Waals surface area contributed by atoms with Crippen molar-refractivity contribution in [1.29, 1.82) is 0 Å². The Labute approximate surface area is 98.7 Å². The van der Waals surface area contributed by atoms with E-state index in [0.717, 1.165) is 19.3 Å². The molecule has 0 amide bonds. The van der Waals surface area contributed by atoms with E-state index in [1.807, 2.05) is 13.8 Å². The molecular weight excluding hydrogens is 206 g/mol. The minimum absolute atomic E-state index is 0.124. The second-order valence-electron chi connectivity index (χ2n) is 3.89. The number of carbonyl (C=O) groups is 1. The lowest BCUT2D eigenvalue weighted by atomic mass is 10.1. The number of unbranched alkanes of at least 4 members (excludes halogenated alkanes) is 1. The summed E-state index contributed by atoms with van der Waals surface area (Å²) in [4.78, 5) is 11.5. The molecule has 1 N–H and O–H groups in total. The van der Waals surface area contributed by atoms with Crippen molar-refractivity contribution in [3.63, 3.8) is 0 Å². The minimum atomic E-state index is -0.201. The number of esters is 1. The van der Waals surface area contributed by atoms with Crippen LogP contribution in [0.2, 0.25) is 0 Å². The number of methoxy groups -OCH3 is 1. The number of hydrogen-bond donors (Lipinski definition) is 1. The first-order chi connectivity index (χ1) is 7.65. The van der Waals surface area contributed by atoms with Gasteiger partial charge in [-0.25, -0.2) is 0 Å². The van der Waals surface area contributed by atoms with Crippen LogP contribution in [-0.4, -0.2) is 38.4 Å². The Morgan fingerprint density at radius 2 is 2.06 bits per heavy atom. The van der Waals surface area contributed by atoms with Gasteiger partial charge in [0.05, 0.1) is 13.2 Å². The van der Waals surface area contributed by atoms with Gasteiger partial charge in [-0.15, -0.1) is 0 Å². The fraction of sp³-hybridized carbons (Fsp3) is 0.917. The fourth-order valence-corrected chi connectivity index (χ4v) is 1.51. The molecule has 2 unspecified atom stereocenters. The molecule has 2 atom stereocenters. The predicted molar refractivity (Wildman–Crippen MR) is 64.4 cm³/mol. The number of carbonyl (C=O) groups excluding carboxylic acids is 1. The molecule has 0 heterocycles. The van der Waals surface area contributed by atoms with Crippen LogP contribution in [0.4, 0.5) is 0 Å². The molecule has 0 radical (unpaired) electrons. The van der Waals surface area contributed by atoms with Crippen LogP contribution in [0.15, 0.2) is 0 Å². The second-order valence-corrected chi connectivity index (χ2v) is 3.89. The number of rotatable bonds is 9. The van der Waals surface area contributed by atoms with Gasteiger partial charge in [-0.3, -0.25) is 4.79 Å². The van der Waals surface area contributed by atoms with E-state index in [-0.39, 0.29) is 18.1 Å². The highest BCUT2D eigenvalue weighted by Crippen LogP contribution is 2.03. The van der Waals surface area contributed by atoms with Gasteiger partial charge >= 0.3 is 5.97 Å². The first kappa shape index (κ1) is 15.4. The zero-order valence-corrected chi connectivity index (χ0v) is 10.9. The Morgan fingerprint density at radius 1 is 1.38 bits per heavy atom. The molecule has 0 aliphatic heterocycles. The molecule has 0 rings (SSSR count). The quantitative estimate of drug-likeness (QED) is 0.614. The maximum Gasteiger partial charge on any atom is 0.322 e. The average Bonchev–Trinajstić information content (AvgIpc) is 2.28. The van der Waals surface area contributed by atoms with Gasteiger partial charge in [-0.2, -0.15) is 0 Å². The van der Waals surface area contributed by atoms with Crippen molar-refractivity contribution in [2.45, 2.75) is 52.2 Å². The van der Waals surface area contributed by atoms with Crippen molar-refractivity contribution in [1.82, 2.24) is 5.32 Å². The molecule has 0 aromatic carbocycles. The molecule has 4 nitrogen and oxygen atoms in total. The van der Waals surface area contributed by atoms with Crippen LogP contribution in [0.1, 0.15) is 40.0 Å². The summed E-state index contributed by atoms with van der Waals surface area (Å²) in [6.07, 6.45) is 3.05. The Hall–Kier alpha value is -0.610. The minimum Gasteiger partial charge on any atom is -0.468 e. The van der Waals surface area contributed by atoms with Crippen LogP contribution in [-0.2, 0) is 14.3 Å². The van der Waals surface area contributed by atoms with Gasteiger partial charge in [-0.05, 0) is 20.3 Å². The molecule has 96 valence electrons. The fourth-order valence-electron chi connectivity index (χ4n) is 1.51. The van der Waals surface area contributed by atoms with Crippen molar-refractivity contribution in [3.05, 3.63) is 0 Å². The first-order valence-electron chi connectivity index (χ1n) is 6.08. The Morgan fingerprint density at radius 3 is 2.56 bits per heavy atom. The predicted octanol–water partition coefficient (Wildman–Crippen LogP) is 1.73. The van der Waals surface area contributed by atoms with Crippen LogP contribution in [0.25, 0.3) is 0 Å². The number of nitrogens with one attached hydrogen (secondary N) is 1.